The molecule has 0 saturated carbocycles. The Bertz CT molecular complexity index is 428. The molecule has 1 amide bonds. The number of rotatable bonds is 5. The van der Waals surface area contributed by atoms with E-state index in [4.69, 9.17) is 5.11 Å². The normalized spacial score (nSPS) is 11.2. The maximum atomic E-state index is 11.8. The zero-order chi connectivity index (χ0) is 13.1. The predicted octanol–water partition coefficient (Wildman–Crippen LogP) is 2.63. The van der Waals surface area contributed by atoms with E-state index in [1.165, 1.54) is 11.3 Å². The van der Waals surface area contributed by atoms with E-state index < -0.39 is 11.4 Å². The third kappa shape index (κ3) is 4.47. The second kappa shape index (κ2) is 5.64. The molecule has 0 radical (unpaired) electrons. The van der Waals surface area contributed by atoms with Gasteiger partial charge in [0.15, 0.2) is 0 Å². The maximum Gasteiger partial charge on any atom is 0.304 e. The summed E-state index contributed by atoms with van der Waals surface area (Å²) in [6, 6.07) is 3.83. The number of carboxylic acid groups (broad SMARTS) is 1. The van der Waals surface area contributed by atoms with E-state index in [9.17, 15) is 9.59 Å². The third-order valence-corrected chi connectivity index (χ3v) is 3.88. The lowest BCUT2D eigenvalue weighted by Gasteiger charge is -2.21. The van der Waals surface area contributed by atoms with Gasteiger partial charge in [0, 0.05) is 4.88 Å². The van der Waals surface area contributed by atoms with Crippen molar-refractivity contribution in [2.24, 2.45) is 5.41 Å². The van der Waals surface area contributed by atoms with Crippen LogP contribution in [0.1, 0.15) is 25.1 Å². The van der Waals surface area contributed by atoms with Crippen LogP contribution in [0, 0.1) is 5.41 Å². The first-order chi connectivity index (χ1) is 7.81. The Morgan fingerprint density at radius 3 is 2.59 bits per heavy atom. The summed E-state index contributed by atoms with van der Waals surface area (Å²) >= 11 is 4.88. The molecule has 6 heteroatoms. The highest BCUT2D eigenvalue weighted by atomic mass is 79.9. The number of aliphatic carboxylic acids is 1. The standard InChI is InChI=1S/C11H14BrNO3S/c1-11(2,5-9(14)15)10(16)13-6-7-3-4-8(12)17-7/h3-4H,5-6H2,1-2H3,(H,13,16)(H,14,15). The van der Waals surface area contributed by atoms with Crippen molar-refractivity contribution in [1.29, 1.82) is 0 Å². The van der Waals surface area contributed by atoms with Gasteiger partial charge in [0.2, 0.25) is 5.91 Å². The molecule has 0 unspecified atom stereocenters. The van der Waals surface area contributed by atoms with Gasteiger partial charge < -0.3 is 10.4 Å². The molecule has 1 aromatic rings. The number of hydrogen-bond donors (Lipinski definition) is 2. The van der Waals surface area contributed by atoms with Crippen LogP contribution in [0.5, 0.6) is 0 Å². The van der Waals surface area contributed by atoms with E-state index in [0.29, 0.717) is 6.54 Å². The van der Waals surface area contributed by atoms with Crippen molar-refractivity contribution in [3.05, 3.63) is 20.8 Å². The van der Waals surface area contributed by atoms with Crippen molar-refractivity contribution in [2.75, 3.05) is 0 Å². The van der Waals surface area contributed by atoms with Crippen LogP contribution in [0.2, 0.25) is 0 Å². The van der Waals surface area contributed by atoms with Crippen LogP contribution in [-0.4, -0.2) is 17.0 Å². The molecule has 0 aliphatic heterocycles. The smallest absolute Gasteiger partial charge is 0.304 e. The molecule has 94 valence electrons. The van der Waals surface area contributed by atoms with Crippen LogP contribution in [0.25, 0.3) is 0 Å². The van der Waals surface area contributed by atoms with Gasteiger partial charge in [-0.05, 0) is 28.1 Å². The van der Waals surface area contributed by atoms with Gasteiger partial charge in [-0.2, -0.15) is 0 Å². The fourth-order valence-corrected chi connectivity index (χ4v) is 2.73. The monoisotopic (exact) mass is 319 g/mol. The van der Waals surface area contributed by atoms with Gasteiger partial charge in [0.1, 0.15) is 0 Å². The van der Waals surface area contributed by atoms with Crippen LogP contribution >= 0.6 is 27.3 Å². The Balaban J connectivity index is 2.51. The SMILES string of the molecule is CC(C)(CC(=O)O)C(=O)NCc1ccc(Br)s1. The number of carbonyl (C=O) groups is 2. The zero-order valence-electron chi connectivity index (χ0n) is 9.62. The number of nitrogens with one attached hydrogen (secondary N) is 1. The lowest BCUT2D eigenvalue weighted by molar-refractivity contribution is -0.144. The number of carboxylic acids is 1. The van der Waals surface area contributed by atoms with Gasteiger partial charge >= 0.3 is 5.97 Å². The molecule has 0 saturated heterocycles. The summed E-state index contributed by atoms with van der Waals surface area (Å²) in [5.41, 5.74) is -0.889. The number of carbonyl (C=O) groups excluding carboxylic acids is 1. The summed E-state index contributed by atoms with van der Waals surface area (Å²) in [6.45, 7) is 3.68. The van der Waals surface area contributed by atoms with Crippen LogP contribution in [0.15, 0.2) is 15.9 Å². The van der Waals surface area contributed by atoms with Gasteiger partial charge in [-0.15, -0.1) is 11.3 Å². The van der Waals surface area contributed by atoms with Crippen molar-refractivity contribution < 1.29 is 14.7 Å². The van der Waals surface area contributed by atoms with Crippen molar-refractivity contribution >= 4 is 39.1 Å². The second-order valence-corrected chi connectivity index (χ2v) is 6.89. The summed E-state index contributed by atoms with van der Waals surface area (Å²) in [5, 5.41) is 11.4. The fourth-order valence-electron chi connectivity index (χ4n) is 1.31. The topological polar surface area (TPSA) is 66.4 Å². The lowest BCUT2D eigenvalue weighted by atomic mass is 9.88. The largest absolute Gasteiger partial charge is 0.481 e. The number of hydrogen-bond acceptors (Lipinski definition) is 3. The molecule has 0 aromatic carbocycles. The molecule has 0 bridgehead atoms. The molecular formula is C11H14BrNO3S. The Kier molecular flexibility index (Phi) is 4.70. The first-order valence-electron chi connectivity index (χ1n) is 5.05. The van der Waals surface area contributed by atoms with Gasteiger partial charge in [0.05, 0.1) is 22.2 Å². The van der Waals surface area contributed by atoms with Gasteiger partial charge in [0.25, 0.3) is 0 Å². The molecule has 4 nitrogen and oxygen atoms in total. The molecule has 0 aliphatic carbocycles. The van der Waals surface area contributed by atoms with E-state index in [2.05, 4.69) is 21.2 Å². The molecule has 1 heterocycles. The van der Waals surface area contributed by atoms with E-state index in [0.717, 1.165) is 8.66 Å². The van der Waals surface area contributed by atoms with Gasteiger partial charge in [-0.25, -0.2) is 0 Å². The zero-order valence-corrected chi connectivity index (χ0v) is 12.0. The van der Waals surface area contributed by atoms with Crippen molar-refractivity contribution in [2.45, 2.75) is 26.8 Å². The first-order valence-corrected chi connectivity index (χ1v) is 6.66. The van der Waals surface area contributed by atoms with Crippen LogP contribution in [0.4, 0.5) is 0 Å². The quantitative estimate of drug-likeness (QED) is 0.876. The minimum atomic E-state index is -0.969. The van der Waals surface area contributed by atoms with E-state index in [1.807, 2.05) is 12.1 Å². The van der Waals surface area contributed by atoms with E-state index in [-0.39, 0.29) is 12.3 Å². The summed E-state index contributed by atoms with van der Waals surface area (Å²) in [7, 11) is 0. The molecule has 0 spiro atoms. The highest BCUT2D eigenvalue weighted by Crippen LogP contribution is 2.23. The molecule has 0 atom stereocenters. The number of thiophene rings is 1. The predicted molar refractivity (Wildman–Crippen MR) is 69.9 cm³/mol. The van der Waals surface area contributed by atoms with Crippen molar-refractivity contribution in [3.63, 3.8) is 0 Å². The first kappa shape index (κ1) is 14.2. The summed E-state index contributed by atoms with van der Waals surface area (Å²) in [6.07, 6.45) is -0.174. The van der Waals surface area contributed by atoms with E-state index in [1.54, 1.807) is 13.8 Å². The van der Waals surface area contributed by atoms with Crippen LogP contribution < -0.4 is 5.32 Å². The average Bonchev–Trinajstić information content (AvgIpc) is 2.58. The molecule has 0 fully saturated rings. The van der Waals surface area contributed by atoms with Gasteiger partial charge in [-0.3, -0.25) is 9.59 Å². The number of halogens is 1. The van der Waals surface area contributed by atoms with Crippen LogP contribution in [-0.2, 0) is 16.1 Å². The Hall–Kier alpha value is -0.880. The van der Waals surface area contributed by atoms with Crippen molar-refractivity contribution in [3.8, 4) is 0 Å². The maximum absolute atomic E-state index is 11.8. The fraction of sp³-hybridized carbons (Fsp3) is 0.455. The van der Waals surface area contributed by atoms with Gasteiger partial charge in [-0.1, -0.05) is 13.8 Å². The Labute approximate surface area is 112 Å². The lowest BCUT2D eigenvalue weighted by Crippen LogP contribution is -2.37. The molecule has 1 aromatic heterocycles. The minimum absolute atomic E-state index is 0.174. The molecular weight excluding hydrogens is 306 g/mol. The second-order valence-electron chi connectivity index (χ2n) is 4.34. The molecule has 2 N–H and O–H groups in total. The number of amides is 1. The minimum Gasteiger partial charge on any atom is -0.481 e. The summed E-state index contributed by atoms with van der Waals surface area (Å²) < 4.78 is 1.01. The summed E-state index contributed by atoms with van der Waals surface area (Å²) in [5.74, 6) is -1.21. The highest BCUT2D eigenvalue weighted by Gasteiger charge is 2.30. The third-order valence-electron chi connectivity index (χ3n) is 2.26. The molecule has 1 rings (SSSR count). The van der Waals surface area contributed by atoms with Crippen LogP contribution in [0.3, 0.4) is 0 Å². The summed E-state index contributed by atoms with van der Waals surface area (Å²) in [4.78, 5) is 23.4. The Morgan fingerprint density at radius 2 is 2.12 bits per heavy atom. The Morgan fingerprint density at radius 1 is 1.47 bits per heavy atom. The van der Waals surface area contributed by atoms with Crippen molar-refractivity contribution in [1.82, 2.24) is 5.32 Å². The van der Waals surface area contributed by atoms with E-state index >= 15 is 0 Å². The average molecular weight is 320 g/mol. The molecule has 0 aliphatic rings. The highest BCUT2D eigenvalue weighted by molar-refractivity contribution is 9.11. The molecule has 17 heavy (non-hydrogen) atoms.